The summed E-state index contributed by atoms with van der Waals surface area (Å²) in [7, 11) is 0. The van der Waals surface area contributed by atoms with Crippen molar-refractivity contribution < 1.29 is 0 Å². The van der Waals surface area contributed by atoms with Gasteiger partial charge in [0.1, 0.15) is 0 Å². The zero-order valence-corrected chi connectivity index (χ0v) is 7.33. The summed E-state index contributed by atoms with van der Waals surface area (Å²) in [6.07, 6.45) is 7.64. The zero-order valence-electron chi connectivity index (χ0n) is 6.51. The van der Waals surface area contributed by atoms with Crippen molar-refractivity contribution in [2.45, 2.75) is 32.1 Å². The molecular formula is C9H16S. The number of hydrogen-bond donors (Lipinski definition) is 0. The van der Waals surface area contributed by atoms with Crippen LogP contribution in [0.3, 0.4) is 0 Å². The molecule has 0 spiro atoms. The molecule has 1 saturated carbocycles. The molecule has 0 bridgehead atoms. The molecule has 0 aromatic rings. The van der Waals surface area contributed by atoms with Crippen LogP contribution in [0.5, 0.6) is 0 Å². The summed E-state index contributed by atoms with van der Waals surface area (Å²) in [6.45, 7) is 0. The summed E-state index contributed by atoms with van der Waals surface area (Å²) in [4.78, 5) is 0. The molecule has 1 heterocycles. The Bertz CT molecular complexity index is 99.3. The van der Waals surface area contributed by atoms with E-state index in [1.807, 2.05) is 0 Å². The maximum atomic E-state index is 2.19. The third-order valence-electron chi connectivity index (χ3n) is 3.01. The van der Waals surface area contributed by atoms with E-state index in [1.165, 1.54) is 37.2 Å². The lowest BCUT2D eigenvalue weighted by Crippen LogP contribution is -2.07. The van der Waals surface area contributed by atoms with Crippen LogP contribution in [0.1, 0.15) is 32.1 Å². The van der Waals surface area contributed by atoms with Gasteiger partial charge >= 0.3 is 0 Å². The van der Waals surface area contributed by atoms with Gasteiger partial charge in [-0.3, -0.25) is 0 Å². The summed E-state index contributed by atoms with van der Waals surface area (Å²) in [5.74, 6) is 5.17. The van der Waals surface area contributed by atoms with Gasteiger partial charge in [-0.1, -0.05) is 12.8 Å². The van der Waals surface area contributed by atoms with E-state index in [4.69, 9.17) is 0 Å². The number of hydrogen-bond acceptors (Lipinski definition) is 1. The van der Waals surface area contributed by atoms with Crippen LogP contribution in [0.25, 0.3) is 0 Å². The Morgan fingerprint density at radius 1 is 0.900 bits per heavy atom. The van der Waals surface area contributed by atoms with Gasteiger partial charge in [0, 0.05) is 0 Å². The van der Waals surface area contributed by atoms with Gasteiger partial charge in [-0.15, -0.1) is 0 Å². The highest BCUT2D eigenvalue weighted by Gasteiger charge is 2.27. The third-order valence-corrected chi connectivity index (χ3v) is 4.25. The molecular weight excluding hydrogens is 140 g/mol. The first kappa shape index (κ1) is 7.02. The molecule has 0 aromatic heterocycles. The molecule has 1 aliphatic heterocycles. The normalized spacial score (nSPS) is 40.8. The minimum absolute atomic E-state index is 1.12. The highest BCUT2D eigenvalue weighted by molar-refractivity contribution is 7.99. The molecule has 2 rings (SSSR count). The lowest BCUT2D eigenvalue weighted by atomic mass is 9.94. The van der Waals surface area contributed by atoms with Gasteiger partial charge in [-0.05, 0) is 42.6 Å². The van der Waals surface area contributed by atoms with E-state index < -0.39 is 0 Å². The molecule has 0 N–H and O–H groups in total. The predicted molar refractivity (Wildman–Crippen MR) is 47.4 cm³/mol. The van der Waals surface area contributed by atoms with Gasteiger partial charge in [0.25, 0.3) is 0 Å². The van der Waals surface area contributed by atoms with E-state index in [0.717, 1.165) is 11.8 Å². The van der Waals surface area contributed by atoms with Crippen LogP contribution in [-0.2, 0) is 0 Å². The average Bonchev–Trinajstić information content (AvgIpc) is 2.28. The molecule has 2 atom stereocenters. The van der Waals surface area contributed by atoms with Crippen LogP contribution in [0.15, 0.2) is 0 Å². The SMILES string of the molecule is C1CSC[C@@H]2CCCC2C1. The van der Waals surface area contributed by atoms with Gasteiger partial charge < -0.3 is 0 Å². The van der Waals surface area contributed by atoms with Crippen molar-refractivity contribution >= 4 is 11.8 Å². The van der Waals surface area contributed by atoms with Crippen molar-refractivity contribution in [1.82, 2.24) is 0 Å². The van der Waals surface area contributed by atoms with Crippen LogP contribution < -0.4 is 0 Å². The molecule has 1 saturated heterocycles. The minimum atomic E-state index is 1.12. The van der Waals surface area contributed by atoms with Gasteiger partial charge in [-0.25, -0.2) is 0 Å². The predicted octanol–water partition coefficient (Wildman–Crippen LogP) is 2.93. The fraction of sp³-hybridized carbons (Fsp3) is 1.00. The lowest BCUT2D eigenvalue weighted by Gasteiger charge is -2.13. The van der Waals surface area contributed by atoms with Crippen molar-refractivity contribution in [1.29, 1.82) is 0 Å². The first-order chi connectivity index (χ1) is 4.97. The first-order valence-electron chi connectivity index (χ1n) is 4.54. The standard InChI is InChI=1S/C9H16S/c1-3-8-5-2-6-10-7-9(8)4-1/h8-9H,1-7H2/t8?,9-/m0/s1. The Hall–Kier alpha value is 0.350. The smallest absolute Gasteiger partial charge is 0.00365 e. The average molecular weight is 156 g/mol. The Balaban J connectivity index is 1.95. The maximum absolute atomic E-state index is 2.19. The quantitative estimate of drug-likeness (QED) is 0.519. The lowest BCUT2D eigenvalue weighted by molar-refractivity contribution is 0.401. The van der Waals surface area contributed by atoms with E-state index in [1.54, 1.807) is 6.42 Å². The molecule has 2 aliphatic rings. The van der Waals surface area contributed by atoms with Crippen molar-refractivity contribution in [3.63, 3.8) is 0 Å². The Morgan fingerprint density at radius 2 is 1.70 bits per heavy atom. The van der Waals surface area contributed by atoms with E-state index in [-0.39, 0.29) is 0 Å². The van der Waals surface area contributed by atoms with Crippen molar-refractivity contribution in [3.05, 3.63) is 0 Å². The molecule has 1 unspecified atom stereocenters. The summed E-state index contributed by atoms with van der Waals surface area (Å²) >= 11 is 2.19. The molecule has 2 fully saturated rings. The third kappa shape index (κ3) is 1.34. The maximum Gasteiger partial charge on any atom is -0.00365 e. The van der Waals surface area contributed by atoms with Gasteiger partial charge in [0.2, 0.25) is 0 Å². The molecule has 1 heteroatoms. The Morgan fingerprint density at radius 3 is 2.70 bits per heavy atom. The number of fused-ring (bicyclic) bond motifs is 1. The van der Waals surface area contributed by atoms with E-state index in [9.17, 15) is 0 Å². The van der Waals surface area contributed by atoms with Crippen LogP contribution in [0.4, 0.5) is 0 Å². The van der Waals surface area contributed by atoms with Crippen LogP contribution in [0.2, 0.25) is 0 Å². The van der Waals surface area contributed by atoms with Gasteiger partial charge in [-0.2, -0.15) is 11.8 Å². The summed E-state index contributed by atoms with van der Waals surface area (Å²) in [6, 6.07) is 0. The number of thioether (sulfide) groups is 1. The molecule has 0 amide bonds. The van der Waals surface area contributed by atoms with Gasteiger partial charge in [0.15, 0.2) is 0 Å². The van der Waals surface area contributed by atoms with Crippen LogP contribution in [0, 0.1) is 11.8 Å². The minimum Gasteiger partial charge on any atom is -0.162 e. The molecule has 0 aromatic carbocycles. The molecule has 0 radical (unpaired) electrons. The van der Waals surface area contributed by atoms with Gasteiger partial charge in [0.05, 0.1) is 0 Å². The zero-order chi connectivity index (χ0) is 6.81. The fourth-order valence-electron chi connectivity index (χ4n) is 2.40. The Labute approximate surface area is 67.8 Å². The second-order valence-corrected chi connectivity index (χ2v) is 4.82. The molecule has 0 nitrogen and oxygen atoms in total. The monoisotopic (exact) mass is 156 g/mol. The van der Waals surface area contributed by atoms with Crippen molar-refractivity contribution in [2.75, 3.05) is 11.5 Å². The topological polar surface area (TPSA) is 0 Å². The largest absolute Gasteiger partial charge is 0.162 e. The second-order valence-electron chi connectivity index (χ2n) is 3.67. The second kappa shape index (κ2) is 3.17. The summed E-state index contributed by atoms with van der Waals surface area (Å²) in [5.41, 5.74) is 0. The van der Waals surface area contributed by atoms with Crippen molar-refractivity contribution in [3.8, 4) is 0 Å². The van der Waals surface area contributed by atoms with Crippen molar-refractivity contribution in [2.24, 2.45) is 11.8 Å². The molecule has 58 valence electrons. The molecule has 10 heavy (non-hydrogen) atoms. The fourth-order valence-corrected chi connectivity index (χ4v) is 3.67. The summed E-state index contributed by atoms with van der Waals surface area (Å²) < 4.78 is 0. The number of rotatable bonds is 0. The molecule has 1 aliphatic carbocycles. The first-order valence-corrected chi connectivity index (χ1v) is 5.70. The Kier molecular flexibility index (Phi) is 2.22. The van der Waals surface area contributed by atoms with E-state index in [0.29, 0.717) is 0 Å². The van der Waals surface area contributed by atoms with E-state index in [2.05, 4.69) is 11.8 Å². The van der Waals surface area contributed by atoms with Crippen LogP contribution in [-0.4, -0.2) is 11.5 Å². The highest BCUT2D eigenvalue weighted by atomic mass is 32.2. The summed E-state index contributed by atoms with van der Waals surface area (Å²) in [5, 5.41) is 0. The van der Waals surface area contributed by atoms with Crippen LogP contribution >= 0.6 is 11.8 Å². The van der Waals surface area contributed by atoms with E-state index >= 15 is 0 Å². The highest BCUT2D eigenvalue weighted by Crippen LogP contribution is 2.39.